The van der Waals surface area contributed by atoms with Crippen molar-refractivity contribution in [3.8, 4) is 0 Å². The maximum Gasteiger partial charge on any atom is 0.160 e. The summed E-state index contributed by atoms with van der Waals surface area (Å²) in [6.07, 6.45) is 2.58. The van der Waals surface area contributed by atoms with E-state index in [1.165, 1.54) is 6.07 Å². The minimum Gasteiger partial charge on any atom is -0.396 e. The molecule has 3 N–H and O–H groups in total. The Morgan fingerprint density at radius 1 is 1.26 bits per heavy atom. The van der Waals surface area contributed by atoms with E-state index >= 15 is 0 Å². The van der Waals surface area contributed by atoms with Gasteiger partial charge in [-0.1, -0.05) is 0 Å². The maximum atomic E-state index is 13.3. The van der Waals surface area contributed by atoms with Crippen LogP contribution in [0.5, 0.6) is 0 Å². The largest absolute Gasteiger partial charge is 0.396 e. The predicted octanol–water partition coefficient (Wildman–Crippen LogP) is 1.89. The van der Waals surface area contributed by atoms with Crippen LogP contribution in [0.4, 0.5) is 14.5 Å². The van der Waals surface area contributed by atoms with E-state index in [4.69, 9.17) is 10.8 Å². The molecular weight excluding hydrogens is 250 g/mol. The van der Waals surface area contributed by atoms with Gasteiger partial charge in [-0.25, -0.2) is 8.78 Å². The Morgan fingerprint density at radius 3 is 2.74 bits per heavy atom. The van der Waals surface area contributed by atoms with Gasteiger partial charge in [-0.05, 0) is 37.3 Å². The smallest absolute Gasteiger partial charge is 0.160 e. The lowest BCUT2D eigenvalue weighted by molar-refractivity contribution is 0.259. The van der Waals surface area contributed by atoms with Gasteiger partial charge >= 0.3 is 0 Å². The molecule has 0 aromatic heterocycles. The summed E-state index contributed by atoms with van der Waals surface area (Å²) >= 11 is 0. The molecule has 0 bridgehead atoms. The van der Waals surface area contributed by atoms with Crippen LogP contribution in [0.25, 0.3) is 0 Å². The van der Waals surface area contributed by atoms with Crippen molar-refractivity contribution in [1.82, 2.24) is 0 Å². The summed E-state index contributed by atoms with van der Waals surface area (Å²) in [4.78, 5) is 2.00. The number of piperidine rings is 1. The van der Waals surface area contributed by atoms with Crippen LogP contribution in [0.2, 0.25) is 0 Å². The highest BCUT2D eigenvalue weighted by molar-refractivity contribution is 5.47. The van der Waals surface area contributed by atoms with E-state index in [1.807, 2.05) is 4.90 Å². The average Bonchev–Trinajstić information content (AvgIpc) is 2.39. The first-order valence-electron chi connectivity index (χ1n) is 6.66. The normalized spacial score (nSPS) is 23.7. The van der Waals surface area contributed by atoms with Crippen LogP contribution < -0.4 is 10.6 Å². The van der Waals surface area contributed by atoms with Crippen molar-refractivity contribution in [3.63, 3.8) is 0 Å². The third kappa shape index (κ3) is 3.64. The van der Waals surface area contributed by atoms with Gasteiger partial charge in [0.15, 0.2) is 11.6 Å². The molecule has 1 aliphatic rings. The number of aliphatic hydroxyl groups excluding tert-OH is 1. The molecule has 3 nitrogen and oxygen atoms in total. The first-order chi connectivity index (χ1) is 9.10. The molecule has 1 aromatic carbocycles. The minimum absolute atomic E-state index is 0.0329. The Kier molecular flexibility index (Phi) is 4.71. The van der Waals surface area contributed by atoms with E-state index in [9.17, 15) is 8.78 Å². The molecule has 1 heterocycles. The zero-order chi connectivity index (χ0) is 13.8. The monoisotopic (exact) mass is 270 g/mol. The molecule has 0 saturated carbocycles. The fourth-order valence-corrected chi connectivity index (χ4v) is 2.73. The number of nitrogens with zero attached hydrogens (tertiary/aromatic N) is 1. The van der Waals surface area contributed by atoms with E-state index in [-0.39, 0.29) is 12.6 Å². The van der Waals surface area contributed by atoms with Crippen LogP contribution in [-0.4, -0.2) is 30.8 Å². The molecule has 5 heteroatoms. The van der Waals surface area contributed by atoms with Crippen LogP contribution >= 0.6 is 0 Å². The molecule has 1 saturated heterocycles. The topological polar surface area (TPSA) is 49.5 Å². The van der Waals surface area contributed by atoms with Gasteiger partial charge in [-0.2, -0.15) is 0 Å². The van der Waals surface area contributed by atoms with E-state index < -0.39 is 11.6 Å². The van der Waals surface area contributed by atoms with Crippen molar-refractivity contribution in [2.24, 2.45) is 11.7 Å². The van der Waals surface area contributed by atoms with Crippen molar-refractivity contribution in [3.05, 3.63) is 29.8 Å². The summed E-state index contributed by atoms with van der Waals surface area (Å²) in [6, 6.07) is 3.98. The lowest BCUT2D eigenvalue weighted by Gasteiger charge is -2.38. The number of nitrogens with two attached hydrogens (primary N) is 1. The zero-order valence-electron chi connectivity index (χ0n) is 10.9. The lowest BCUT2D eigenvalue weighted by Crippen LogP contribution is -2.47. The summed E-state index contributed by atoms with van der Waals surface area (Å²) in [6.45, 7) is 1.61. The molecule has 2 atom stereocenters. The molecule has 2 rings (SSSR count). The van der Waals surface area contributed by atoms with Crippen molar-refractivity contribution in [2.45, 2.75) is 25.3 Å². The molecule has 1 fully saturated rings. The van der Waals surface area contributed by atoms with E-state index in [0.717, 1.165) is 31.9 Å². The third-order valence-electron chi connectivity index (χ3n) is 3.61. The highest BCUT2D eigenvalue weighted by Gasteiger charge is 2.25. The van der Waals surface area contributed by atoms with Crippen molar-refractivity contribution < 1.29 is 13.9 Å². The van der Waals surface area contributed by atoms with E-state index in [2.05, 4.69) is 0 Å². The van der Waals surface area contributed by atoms with Crippen molar-refractivity contribution in [2.75, 3.05) is 24.6 Å². The minimum atomic E-state index is -0.832. The standard InChI is InChI=1S/C14H20F2N2O/c15-13-4-3-12(7-14(13)16)18-8-10(2-1-5-19)6-11(17)9-18/h3-4,7,10-11,19H,1-2,5-6,8-9,17H2. The third-order valence-corrected chi connectivity index (χ3v) is 3.61. The maximum absolute atomic E-state index is 13.3. The van der Waals surface area contributed by atoms with Crippen LogP contribution in [0.1, 0.15) is 19.3 Å². The number of halogens is 2. The zero-order valence-corrected chi connectivity index (χ0v) is 10.9. The van der Waals surface area contributed by atoms with Gasteiger partial charge in [0.2, 0.25) is 0 Å². The number of hydrogen-bond donors (Lipinski definition) is 2. The Balaban J connectivity index is 2.07. The number of benzene rings is 1. The Bertz CT molecular complexity index is 428. The second kappa shape index (κ2) is 6.30. The second-order valence-electron chi connectivity index (χ2n) is 5.23. The van der Waals surface area contributed by atoms with Gasteiger partial charge < -0.3 is 15.7 Å². The molecule has 1 aromatic rings. The van der Waals surface area contributed by atoms with Gasteiger partial charge in [-0.15, -0.1) is 0 Å². The van der Waals surface area contributed by atoms with Gasteiger partial charge in [0.25, 0.3) is 0 Å². The molecule has 0 aliphatic carbocycles. The number of rotatable bonds is 4. The molecule has 106 valence electrons. The van der Waals surface area contributed by atoms with Crippen LogP contribution in [0.3, 0.4) is 0 Å². The van der Waals surface area contributed by atoms with E-state index in [1.54, 1.807) is 6.07 Å². The molecule has 19 heavy (non-hydrogen) atoms. The molecular formula is C14H20F2N2O. The summed E-state index contributed by atoms with van der Waals surface area (Å²) in [7, 11) is 0. The predicted molar refractivity (Wildman–Crippen MR) is 71.0 cm³/mol. The van der Waals surface area contributed by atoms with Crippen molar-refractivity contribution >= 4 is 5.69 Å². The molecule has 0 amide bonds. The highest BCUT2D eigenvalue weighted by Crippen LogP contribution is 2.26. The van der Waals surface area contributed by atoms with Crippen LogP contribution in [0, 0.1) is 17.6 Å². The van der Waals surface area contributed by atoms with Gasteiger partial charge in [-0.3, -0.25) is 0 Å². The number of hydrogen-bond acceptors (Lipinski definition) is 3. The van der Waals surface area contributed by atoms with Gasteiger partial charge in [0.05, 0.1) is 0 Å². The number of aliphatic hydroxyl groups is 1. The molecule has 1 aliphatic heterocycles. The summed E-state index contributed by atoms with van der Waals surface area (Å²) in [5.74, 6) is -1.27. The molecule has 0 radical (unpaired) electrons. The lowest BCUT2D eigenvalue weighted by atomic mass is 9.90. The van der Waals surface area contributed by atoms with E-state index in [0.29, 0.717) is 18.2 Å². The second-order valence-corrected chi connectivity index (χ2v) is 5.23. The first kappa shape index (κ1) is 14.2. The SMILES string of the molecule is NC1CC(CCCO)CN(c2ccc(F)c(F)c2)C1. The van der Waals surface area contributed by atoms with Crippen LogP contribution in [0.15, 0.2) is 18.2 Å². The molecule has 2 unspecified atom stereocenters. The van der Waals surface area contributed by atoms with Crippen molar-refractivity contribution in [1.29, 1.82) is 0 Å². The Morgan fingerprint density at radius 2 is 2.05 bits per heavy atom. The van der Waals surface area contributed by atoms with Crippen LogP contribution in [-0.2, 0) is 0 Å². The van der Waals surface area contributed by atoms with Gasteiger partial charge in [0.1, 0.15) is 0 Å². The number of anilines is 1. The molecule has 0 spiro atoms. The Labute approximate surface area is 112 Å². The van der Waals surface area contributed by atoms with Gasteiger partial charge in [0, 0.05) is 37.5 Å². The summed E-state index contributed by atoms with van der Waals surface area (Å²) < 4.78 is 26.2. The summed E-state index contributed by atoms with van der Waals surface area (Å²) in [5, 5.41) is 8.88. The Hall–Kier alpha value is -1.20. The highest BCUT2D eigenvalue weighted by atomic mass is 19.2. The quantitative estimate of drug-likeness (QED) is 0.878. The fourth-order valence-electron chi connectivity index (χ4n) is 2.73. The first-order valence-corrected chi connectivity index (χ1v) is 6.66. The average molecular weight is 270 g/mol. The summed E-state index contributed by atoms with van der Waals surface area (Å²) in [5.41, 5.74) is 6.69. The fraction of sp³-hybridized carbons (Fsp3) is 0.571.